The number of benzene rings is 2. The van der Waals surface area contributed by atoms with Gasteiger partial charge in [-0.3, -0.25) is 19.5 Å². The molecular formula is C27H26FN5O2. The topological polar surface area (TPSA) is 82.2 Å². The molecule has 2 aromatic carbocycles. The SMILES string of the molecule is CN(Cc1ccccn1)[C@@H]1CCN(C(=O)c2cc(Cc3n[nH]c(=O)c4ccccc34)ccc2F)C1. The van der Waals surface area contributed by atoms with E-state index in [0.717, 1.165) is 23.1 Å². The van der Waals surface area contributed by atoms with E-state index in [4.69, 9.17) is 0 Å². The van der Waals surface area contributed by atoms with Crippen molar-refractivity contribution in [3.05, 3.63) is 106 Å². The van der Waals surface area contributed by atoms with Crippen LogP contribution in [0.15, 0.2) is 71.7 Å². The highest BCUT2D eigenvalue weighted by Gasteiger charge is 2.30. The van der Waals surface area contributed by atoms with Gasteiger partial charge in [0.2, 0.25) is 0 Å². The molecule has 1 amide bonds. The Hall–Kier alpha value is -3.91. The lowest BCUT2D eigenvalue weighted by atomic mass is 10.0. The van der Waals surface area contributed by atoms with E-state index < -0.39 is 5.82 Å². The number of H-pyrrole nitrogens is 1. The van der Waals surface area contributed by atoms with E-state index in [-0.39, 0.29) is 23.1 Å². The number of likely N-dealkylation sites (N-methyl/N-ethyl adjacent to an activating group) is 1. The molecule has 1 N–H and O–H groups in total. The molecule has 8 heteroatoms. The van der Waals surface area contributed by atoms with Gasteiger partial charge in [0.25, 0.3) is 11.5 Å². The van der Waals surface area contributed by atoms with Gasteiger partial charge in [-0.2, -0.15) is 5.10 Å². The van der Waals surface area contributed by atoms with Gasteiger partial charge in [-0.15, -0.1) is 0 Å². The van der Waals surface area contributed by atoms with Crippen molar-refractivity contribution < 1.29 is 9.18 Å². The van der Waals surface area contributed by atoms with Gasteiger partial charge in [-0.05, 0) is 49.4 Å². The van der Waals surface area contributed by atoms with Crippen LogP contribution in [0.25, 0.3) is 10.8 Å². The summed E-state index contributed by atoms with van der Waals surface area (Å²) in [6.07, 6.45) is 2.96. The molecule has 1 atom stereocenters. The minimum atomic E-state index is -0.539. The average Bonchev–Trinajstić information content (AvgIpc) is 3.38. The summed E-state index contributed by atoms with van der Waals surface area (Å²) in [5, 5.41) is 8.02. The molecule has 5 rings (SSSR count). The molecule has 1 saturated heterocycles. The molecule has 0 saturated carbocycles. The number of aromatic nitrogens is 3. The highest BCUT2D eigenvalue weighted by atomic mass is 19.1. The normalized spacial score (nSPS) is 15.7. The van der Waals surface area contributed by atoms with Crippen molar-refractivity contribution in [2.75, 3.05) is 20.1 Å². The predicted molar refractivity (Wildman–Crippen MR) is 132 cm³/mol. The molecular weight excluding hydrogens is 445 g/mol. The molecule has 0 aliphatic carbocycles. The highest BCUT2D eigenvalue weighted by molar-refractivity contribution is 5.95. The fourth-order valence-electron chi connectivity index (χ4n) is 4.68. The Balaban J connectivity index is 1.32. The molecule has 35 heavy (non-hydrogen) atoms. The van der Waals surface area contributed by atoms with Crippen LogP contribution in [0.1, 0.15) is 33.7 Å². The number of hydrogen-bond acceptors (Lipinski definition) is 5. The molecule has 4 aromatic rings. The van der Waals surface area contributed by atoms with Crippen molar-refractivity contribution in [1.82, 2.24) is 25.0 Å². The van der Waals surface area contributed by atoms with Crippen molar-refractivity contribution in [1.29, 1.82) is 0 Å². The zero-order valence-corrected chi connectivity index (χ0v) is 19.4. The number of rotatable bonds is 6. The first-order valence-electron chi connectivity index (χ1n) is 11.6. The Labute approximate surface area is 202 Å². The van der Waals surface area contributed by atoms with E-state index in [9.17, 15) is 14.0 Å². The number of hydrogen-bond donors (Lipinski definition) is 1. The molecule has 178 valence electrons. The molecule has 0 radical (unpaired) electrons. The summed E-state index contributed by atoms with van der Waals surface area (Å²) in [4.78, 5) is 33.6. The number of amides is 1. The second kappa shape index (κ2) is 9.76. The van der Waals surface area contributed by atoms with Crippen LogP contribution in [0.3, 0.4) is 0 Å². The minimum absolute atomic E-state index is 0.0595. The monoisotopic (exact) mass is 471 g/mol. The van der Waals surface area contributed by atoms with Crippen LogP contribution in [-0.2, 0) is 13.0 Å². The number of likely N-dealkylation sites (tertiary alicyclic amines) is 1. The number of carbonyl (C=O) groups is 1. The number of carbonyl (C=O) groups excluding carboxylic acids is 1. The number of pyridine rings is 1. The van der Waals surface area contributed by atoms with E-state index >= 15 is 0 Å². The molecule has 1 aliphatic rings. The van der Waals surface area contributed by atoms with Gasteiger partial charge in [-0.1, -0.05) is 30.3 Å². The quantitative estimate of drug-likeness (QED) is 0.466. The summed E-state index contributed by atoms with van der Waals surface area (Å²) in [5.74, 6) is -0.847. The summed E-state index contributed by atoms with van der Waals surface area (Å²) in [6.45, 7) is 1.81. The van der Waals surface area contributed by atoms with Crippen LogP contribution >= 0.6 is 0 Å². The molecule has 1 aliphatic heterocycles. The number of nitrogens with one attached hydrogen (secondary N) is 1. The Bertz CT molecular complexity index is 1420. The van der Waals surface area contributed by atoms with E-state index in [1.54, 1.807) is 35.4 Å². The molecule has 0 unspecified atom stereocenters. The van der Waals surface area contributed by atoms with E-state index in [0.29, 0.717) is 37.1 Å². The van der Waals surface area contributed by atoms with Gasteiger partial charge in [0.15, 0.2) is 0 Å². The lowest BCUT2D eigenvalue weighted by molar-refractivity contribution is 0.0774. The first kappa shape index (κ1) is 22.9. The maximum absolute atomic E-state index is 14.7. The van der Waals surface area contributed by atoms with Crippen LogP contribution in [0.4, 0.5) is 4.39 Å². The van der Waals surface area contributed by atoms with E-state index in [1.165, 1.54) is 6.07 Å². The van der Waals surface area contributed by atoms with Crippen LogP contribution in [0.5, 0.6) is 0 Å². The highest BCUT2D eigenvalue weighted by Crippen LogP contribution is 2.22. The van der Waals surface area contributed by atoms with Gasteiger partial charge in [0.05, 0.1) is 22.3 Å². The van der Waals surface area contributed by atoms with Gasteiger partial charge >= 0.3 is 0 Å². The van der Waals surface area contributed by atoms with Crippen molar-refractivity contribution in [3.8, 4) is 0 Å². The van der Waals surface area contributed by atoms with Crippen LogP contribution in [-0.4, -0.2) is 57.1 Å². The average molecular weight is 472 g/mol. The van der Waals surface area contributed by atoms with Gasteiger partial charge in [0.1, 0.15) is 5.82 Å². The van der Waals surface area contributed by atoms with E-state index in [1.807, 2.05) is 37.4 Å². The van der Waals surface area contributed by atoms with Gasteiger partial charge < -0.3 is 4.90 Å². The smallest absolute Gasteiger partial charge is 0.272 e. The van der Waals surface area contributed by atoms with Crippen molar-refractivity contribution in [3.63, 3.8) is 0 Å². The first-order chi connectivity index (χ1) is 17.0. The summed E-state index contributed by atoms with van der Waals surface area (Å²) in [7, 11) is 2.02. The van der Waals surface area contributed by atoms with Gasteiger partial charge in [-0.25, -0.2) is 9.49 Å². The fraction of sp³-hybridized carbons (Fsp3) is 0.259. The molecule has 0 bridgehead atoms. The maximum Gasteiger partial charge on any atom is 0.272 e. The zero-order chi connectivity index (χ0) is 24.4. The third-order valence-electron chi connectivity index (χ3n) is 6.62. The number of halogens is 1. The molecule has 2 aromatic heterocycles. The third kappa shape index (κ3) is 4.83. The number of aromatic amines is 1. The minimum Gasteiger partial charge on any atom is -0.337 e. The van der Waals surface area contributed by atoms with Crippen LogP contribution in [0, 0.1) is 5.82 Å². The standard InChI is InChI=1S/C27H26FN5O2/c1-32(16-19-6-4-5-12-29-19)20-11-13-33(17-20)27(35)23-14-18(9-10-24(23)28)15-25-21-7-2-3-8-22(21)26(34)31-30-25/h2-10,12,14,20H,11,13,15-17H2,1H3,(H,31,34)/t20-/m1/s1. The summed E-state index contributed by atoms with van der Waals surface area (Å²) < 4.78 is 14.7. The molecule has 3 heterocycles. The zero-order valence-electron chi connectivity index (χ0n) is 19.4. The number of fused-ring (bicyclic) bond motifs is 1. The van der Waals surface area contributed by atoms with Crippen molar-refractivity contribution in [2.24, 2.45) is 0 Å². The summed E-state index contributed by atoms with van der Waals surface area (Å²) >= 11 is 0. The second-order valence-electron chi connectivity index (χ2n) is 8.97. The molecule has 0 spiro atoms. The summed E-state index contributed by atoms with van der Waals surface area (Å²) in [5.41, 5.74) is 2.20. The largest absolute Gasteiger partial charge is 0.337 e. The Morgan fingerprint density at radius 1 is 1.14 bits per heavy atom. The number of nitrogens with zero attached hydrogens (tertiary/aromatic N) is 4. The lowest BCUT2D eigenvalue weighted by Crippen LogP contribution is -2.36. The van der Waals surface area contributed by atoms with Crippen molar-refractivity contribution >= 4 is 16.7 Å². The van der Waals surface area contributed by atoms with E-state index in [2.05, 4.69) is 20.1 Å². The molecule has 1 fully saturated rings. The Morgan fingerprint density at radius 2 is 1.94 bits per heavy atom. The second-order valence-corrected chi connectivity index (χ2v) is 8.97. The third-order valence-corrected chi connectivity index (χ3v) is 6.62. The van der Waals surface area contributed by atoms with Gasteiger partial charge in [0, 0.05) is 43.7 Å². The first-order valence-corrected chi connectivity index (χ1v) is 11.6. The fourth-order valence-corrected chi connectivity index (χ4v) is 4.68. The van der Waals surface area contributed by atoms with Crippen molar-refractivity contribution in [2.45, 2.75) is 25.4 Å². The van der Waals surface area contributed by atoms with Crippen LogP contribution in [0.2, 0.25) is 0 Å². The Morgan fingerprint density at radius 3 is 2.74 bits per heavy atom. The Kier molecular flexibility index (Phi) is 6.37. The summed E-state index contributed by atoms with van der Waals surface area (Å²) in [6, 6.07) is 17.8. The molecule has 7 nitrogen and oxygen atoms in total. The predicted octanol–water partition coefficient (Wildman–Crippen LogP) is 3.39. The van der Waals surface area contributed by atoms with Crippen LogP contribution < -0.4 is 5.56 Å². The maximum atomic E-state index is 14.7. The lowest BCUT2D eigenvalue weighted by Gasteiger charge is -2.24.